The molecule has 3 aromatic rings. The van der Waals surface area contributed by atoms with Gasteiger partial charge < -0.3 is 24.8 Å². The molecule has 3 heteroatoms. The van der Waals surface area contributed by atoms with Gasteiger partial charge in [0, 0.05) is 0 Å². The van der Waals surface area contributed by atoms with E-state index in [-0.39, 0.29) is 35.6 Å². The van der Waals surface area contributed by atoms with Crippen molar-refractivity contribution in [3.8, 4) is 11.1 Å². The number of fused-ring (bicyclic) bond motifs is 3. The van der Waals surface area contributed by atoms with Crippen LogP contribution in [0.15, 0.2) is 82.2 Å². The molecule has 0 saturated carbocycles. The SMILES string of the molecule is C[C](C)=[Zr+2]([C]1=CC(c2ccccc2)=CC1C)[CH]1c2cc(C(C)(C)C)ccc2-c2ccc(C(C)(C)C)cc21.[Cl-].[Cl-]. The van der Waals surface area contributed by atoms with Gasteiger partial charge >= 0.3 is 234 Å². The van der Waals surface area contributed by atoms with E-state index in [1.54, 1.807) is 17.6 Å². The molecule has 2 aliphatic rings. The second kappa shape index (κ2) is 11.8. The average molecular weight is 637 g/mol. The molecule has 0 bridgehead atoms. The standard InChI is InChI=1S/C21H25.C12H11.C3H6.2ClH.Zr/c1-20(2,3)16-7-9-18-14(12-16)11-15-13-17(21(4,5)6)8-10-19(15)18;1-10-7-8-12(9-10)11-5-3-2-4-6-11;1-3-2;;;/h7-13H,1-6H3;2-6,8-10H,1H3;1-2H3;2*1H;/q;;;;;+2/p-2. The fourth-order valence-corrected chi connectivity index (χ4v) is 14.6. The quantitative estimate of drug-likeness (QED) is 0.411. The summed E-state index contributed by atoms with van der Waals surface area (Å²) in [6.07, 6.45) is 5.10. The number of benzene rings is 3. The van der Waals surface area contributed by atoms with Crippen LogP contribution in [-0.4, -0.2) is 3.21 Å². The largest absolute Gasteiger partial charge is 1.00 e. The zero-order valence-electron chi connectivity index (χ0n) is 24.9. The summed E-state index contributed by atoms with van der Waals surface area (Å²) in [5.74, 6) is 0.503. The van der Waals surface area contributed by atoms with E-state index in [2.05, 4.69) is 141 Å². The van der Waals surface area contributed by atoms with Crippen LogP contribution in [0.3, 0.4) is 0 Å². The molecular formula is C36H42Cl2Zr. The monoisotopic (exact) mass is 634 g/mol. The summed E-state index contributed by atoms with van der Waals surface area (Å²) in [6, 6.07) is 25.7. The van der Waals surface area contributed by atoms with Crippen molar-refractivity contribution in [3.05, 3.63) is 110 Å². The predicted octanol–water partition coefficient (Wildman–Crippen LogP) is 3.81. The third kappa shape index (κ3) is 6.07. The van der Waals surface area contributed by atoms with Gasteiger partial charge in [-0.2, -0.15) is 0 Å². The smallest absolute Gasteiger partial charge is 1.00 e. The van der Waals surface area contributed by atoms with Crippen LogP contribution in [0.2, 0.25) is 0 Å². The molecule has 0 fully saturated rings. The Labute approximate surface area is 257 Å². The Balaban J connectivity index is 0.00000210. The molecule has 5 rings (SSSR count). The summed E-state index contributed by atoms with van der Waals surface area (Å²) in [4.78, 5) is 0. The predicted molar refractivity (Wildman–Crippen MR) is 159 cm³/mol. The van der Waals surface area contributed by atoms with E-state index in [0.29, 0.717) is 9.54 Å². The van der Waals surface area contributed by atoms with Gasteiger partial charge in [-0.15, -0.1) is 0 Å². The first-order valence-electron chi connectivity index (χ1n) is 13.8. The third-order valence-electron chi connectivity index (χ3n) is 8.22. The minimum atomic E-state index is -2.32. The first kappa shape index (κ1) is 32.0. The maximum Gasteiger partial charge on any atom is -1.00 e. The van der Waals surface area contributed by atoms with Crippen LogP contribution >= 0.6 is 0 Å². The van der Waals surface area contributed by atoms with Crippen molar-refractivity contribution in [2.24, 2.45) is 5.92 Å². The zero-order chi connectivity index (χ0) is 26.7. The molecule has 0 nitrogen and oxygen atoms in total. The fourth-order valence-electron chi connectivity index (χ4n) is 6.09. The Bertz CT molecular complexity index is 1390. The van der Waals surface area contributed by atoms with Crippen LogP contribution in [0, 0.1) is 5.92 Å². The molecule has 204 valence electrons. The molecule has 0 N–H and O–H groups in total. The normalized spacial score (nSPS) is 16.2. The number of hydrogen-bond acceptors (Lipinski definition) is 0. The van der Waals surface area contributed by atoms with Crippen molar-refractivity contribution >= 4 is 8.78 Å². The number of rotatable bonds is 3. The van der Waals surface area contributed by atoms with Gasteiger partial charge in [0.05, 0.1) is 0 Å². The molecule has 0 aromatic heterocycles. The summed E-state index contributed by atoms with van der Waals surface area (Å²) in [7, 11) is 0. The molecule has 2 aliphatic carbocycles. The van der Waals surface area contributed by atoms with Gasteiger partial charge in [0.1, 0.15) is 0 Å². The Morgan fingerprint density at radius 2 is 1.18 bits per heavy atom. The van der Waals surface area contributed by atoms with Gasteiger partial charge in [-0.05, 0) is 0 Å². The van der Waals surface area contributed by atoms with E-state index >= 15 is 0 Å². The first-order chi connectivity index (χ1) is 17.4. The second-order valence-corrected chi connectivity index (χ2v) is 20.7. The molecule has 0 heterocycles. The molecule has 0 amide bonds. The molecule has 1 unspecified atom stereocenters. The van der Waals surface area contributed by atoms with Gasteiger partial charge in [0.15, 0.2) is 0 Å². The van der Waals surface area contributed by atoms with Gasteiger partial charge in [-0.25, -0.2) is 0 Å². The van der Waals surface area contributed by atoms with Crippen molar-refractivity contribution in [2.75, 3.05) is 0 Å². The van der Waals surface area contributed by atoms with Crippen molar-refractivity contribution in [2.45, 2.75) is 76.8 Å². The maximum absolute atomic E-state index is 2.58. The summed E-state index contributed by atoms with van der Waals surface area (Å²) in [5.41, 5.74) is 12.1. The molecule has 0 saturated heterocycles. The van der Waals surface area contributed by atoms with E-state index in [4.69, 9.17) is 0 Å². The van der Waals surface area contributed by atoms with E-state index in [9.17, 15) is 0 Å². The molecule has 0 radical (unpaired) electrons. The molecule has 39 heavy (non-hydrogen) atoms. The molecule has 0 aliphatic heterocycles. The first-order valence-corrected chi connectivity index (χ1v) is 17.7. The van der Waals surface area contributed by atoms with Crippen LogP contribution in [0.1, 0.15) is 93.8 Å². The Kier molecular flexibility index (Phi) is 9.65. The molecule has 0 spiro atoms. The van der Waals surface area contributed by atoms with Crippen molar-refractivity contribution in [3.63, 3.8) is 0 Å². The van der Waals surface area contributed by atoms with Crippen LogP contribution in [0.4, 0.5) is 0 Å². The Hall–Kier alpha value is -1.53. The van der Waals surface area contributed by atoms with Gasteiger partial charge in [-0.3, -0.25) is 0 Å². The summed E-state index contributed by atoms with van der Waals surface area (Å²) in [5, 5.41) is 0. The number of halogens is 2. The van der Waals surface area contributed by atoms with Crippen molar-refractivity contribution in [1.82, 2.24) is 0 Å². The van der Waals surface area contributed by atoms with Crippen LogP contribution in [-0.2, 0) is 32.1 Å². The Morgan fingerprint density at radius 1 is 0.692 bits per heavy atom. The second-order valence-electron chi connectivity index (χ2n) is 13.3. The van der Waals surface area contributed by atoms with Crippen molar-refractivity contribution in [1.29, 1.82) is 0 Å². The number of hydrogen-bond donors (Lipinski definition) is 0. The minimum absolute atomic E-state index is 0. The van der Waals surface area contributed by atoms with E-state index in [1.165, 1.54) is 33.4 Å². The summed E-state index contributed by atoms with van der Waals surface area (Å²) >= 11 is -2.32. The molecule has 1 atom stereocenters. The fraction of sp³-hybridized carbons (Fsp3) is 0.361. The van der Waals surface area contributed by atoms with Gasteiger partial charge in [-0.1, -0.05) is 0 Å². The van der Waals surface area contributed by atoms with Crippen LogP contribution in [0.5, 0.6) is 0 Å². The third-order valence-corrected chi connectivity index (χ3v) is 16.8. The van der Waals surface area contributed by atoms with Crippen LogP contribution in [0.25, 0.3) is 16.7 Å². The minimum Gasteiger partial charge on any atom is -1.00 e. The average Bonchev–Trinajstić information content (AvgIpc) is 3.36. The van der Waals surface area contributed by atoms with E-state index < -0.39 is 21.3 Å². The topological polar surface area (TPSA) is 0 Å². The summed E-state index contributed by atoms with van der Waals surface area (Å²) < 4.78 is 3.96. The maximum atomic E-state index is 2.58. The van der Waals surface area contributed by atoms with Crippen molar-refractivity contribution < 1.29 is 46.1 Å². The summed E-state index contributed by atoms with van der Waals surface area (Å²) in [6.45, 7) is 21.4. The van der Waals surface area contributed by atoms with Gasteiger partial charge in [0.2, 0.25) is 0 Å². The molecular weight excluding hydrogens is 595 g/mol. The number of allylic oxidation sites excluding steroid dienone is 4. The molecule has 3 aromatic carbocycles. The van der Waals surface area contributed by atoms with E-state index in [1.807, 2.05) is 0 Å². The van der Waals surface area contributed by atoms with Gasteiger partial charge in [0.25, 0.3) is 0 Å². The van der Waals surface area contributed by atoms with Crippen LogP contribution < -0.4 is 24.8 Å². The zero-order valence-corrected chi connectivity index (χ0v) is 28.9. The Morgan fingerprint density at radius 3 is 1.62 bits per heavy atom. The van der Waals surface area contributed by atoms with E-state index in [0.717, 1.165) is 0 Å².